The zero-order chi connectivity index (χ0) is 29.6. The number of carbonyl (C=O) groups is 2. The monoisotopic (exact) mass is 617 g/mol. The fourth-order valence-electron chi connectivity index (χ4n) is 5.73. The first kappa shape index (κ1) is 30.0. The summed E-state index contributed by atoms with van der Waals surface area (Å²) in [5.41, 5.74) is 2.02. The molecule has 4 rings (SSSR count). The summed E-state index contributed by atoms with van der Waals surface area (Å²) < 4.78 is 18.8. The highest BCUT2D eigenvalue weighted by molar-refractivity contribution is 9.10. The Bertz CT molecular complexity index is 1370. The van der Waals surface area contributed by atoms with Crippen molar-refractivity contribution in [2.75, 3.05) is 11.9 Å². The van der Waals surface area contributed by atoms with Crippen molar-refractivity contribution in [1.29, 1.82) is 0 Å². The number of nitrogens with one attached hydrogen (secondary N) is 2. The number of aryl methyl sites for hydroxylation is 2. The van der Waals surface area contributed by atoms with Gasteiger partial charge in [-0.05, 0) is 107 Å². The van der Waals surface area contributed by atoms with Crippen molar-refractivity contribution in [1.82, 2.24) is 10.3 Å². The number of fused-ring (bicyclic) bond motifs is 1. The van der Waals surface area contributed by atoms with Gasteiger partial charge in [-0.1, -0.05) is 0 Å². The Morgan fingerprint density at radius 1 is 1.12 bits per heavy atom. The van der Waals surface area contributed by atoms with Gasteiger partial charge in [0.05, 0.1) is 4.47 Å². The van der Waals surface area contributed by atoms with Crippen molar-refractivity contribution in [2.45, 2.75) is 98.0 Å². The van der Waals surface area contributed by atoms with Crippen LogP contribution >= 0.6 is 15.9 Å². The van der Waals surface area contributed by atoms with E-state index in [1.54, 1.807) is 13.1 Å². The van der Waals surface area contributed by atoms with Gasteiger partial charge in [0.2, 0.25) is 5.79 Å². The van der Waals surface area contributed by atoms with E-state index in [1.165, 1.54) is 4.90 Å². The number of alkyl carbamates (subject to hydrolysis) is 1. The first-order chi connectivity index (χ1) is 18.6. The number of H-pyrrole nitrogens is 1. The Morgan fingerprint density at radius 3 is 2.35 bits per heavy atom. The van der Waals surface area contributed by atoms with Crippen LogP contribution in [0.25, 0.3) is 0 Å². The van der Waals surface area contributed by atoms with Crippen LogP contribution in [-0.2, 0) is 4.74 Å². The molecule has 1 aliphatic carbocycles. The number of amides is 2. The minimum atomic E-state index is -0.885. The van der Waals surface area contributed by atoms with Crippen LogP contribution in [0.4, 0.5) is 10.5 Å². The predicted molar refractivity (Wildman–Crippen MR) is 158 cm³/mol. The molecule has 2 aliphatic rings. The van der Waals surface area contributed by atoms with Crippen molar-refractivity contribution < 1.29 is 23.8 Å². The number of hydrogen-bond donors (Lipinski definition) is 2. The smallest absolute Gasteiger partial charge is 0.407 e. The number of carbonyl (C=O) groups excluding carboxylic acids is 2. The molecule has 1 aromatic heterocycles. The van der Waals surface area contributed by atoms with Crippen LogP contribution in [0.5, 0.6) is 11.5 Å². The lowest BCUT2D eigenvalue weighted by Gasteiger charge is -2.33. The van der Waals surface area contributed by atoms with E-state index in [0.717, 1.165) is 36.9 Å². The number of anilines is 1. The zero-order valence-electron chi connectivity index (χ0n) is 24.6. The van der Waals surface area contributed by atoms with Crippen LogP contribution in [0.15, 0.2) is 21.4 Å². The number of ether oxygens (including phenoxy) is 3. The Kier molecular flexibility index (Phi) is 8.32. The van der Waals surface area contributed by atoms with E-state index in [4.69, 9.17) is 14.2 Å². The average molecular weight is 619 g/mol. The number of nitrogens with zero attached hydrogens (tertiary/aromatic N) is 1. The maximum absolute atomic E-state index is 13.6. The molecule has 0 radical (unpaired) electrons. The van der Waals surface area contributed by atoms with Crippen molar-refractivity contribution in [2.24, 2.45) is 5.92 Å². The highest BCUT2D eigenvalue weighted by atomic mass is 79.9. The molecule has 1 atom stereocenters. The first-order valence-electron chi connectivity index (χ1n) is 13.8. The molecule has 218 valence electrons. The third-order valence-electron chi connectivity index (χ3n) is 7.50. The van der Waals surface area contributed by atoms with Gasteiger partial charge in [-0.15, -0.1) is 0 Å². The summed E-state index contributed by atoms with van der Waals surface area (Å²) in [7, 11) is 1.60. The topological polar surface area (TPSA) is 110 Å². The summed E-state index contributed by atoms with van der Waals surface area (Å²) in [5, 5.41) is 2.99. The van der Waals surface area contributed by atoms with Gasteiger partial charge in [-0.25, -0.2) is 4.79 Å². The number of halogens is 1. The van der Waals surface area contributed by atoms with Gasteiger partial charge >= 0.3 is 6.09 Å². The second-order valence-electron chi connectivity index (χ2n) is 12.3. The zero-order valence-corrected chi connectivity index (χ0v) is 26.2. The molecule has 40 heavy (non-hydrogen) atoms. The van der Waals surface area contributed by atoms with Crippen LogP contribution in [-0.4, -0.2) is 41.5 Å². The van der Waals surface area contributed by atoms with Gasteiger partial charge in [0.1, 0.15) is 11.3 Å². The molecule has 1 aliphatic heterocycles. The van der Waals surface area contributed by atoms with Crippen LogP contribution in [0.2, 0.25) is 0 Å². The molecule has 0 bridgehead atoms. The molecule has 0 saturated heterocycles. The highest BCUT2D eigenvalue weighted by Gasteiger charge is 2.43. The van der Waals surface area contributed by atoms with Gasteiger partial charge in [-0.2, -0.15) is 0 Å². The fourth-order valence-corrected chi connectivity index (χ4v) is 6.22. The van der Waals surface area contributed by atoms with Crippen LogP contribution < -0.4 is 25.2 Å². The Morgan fingerprint density at radius 2 is 1.75 bits per heavy atom. The number of aromatic nitrogens is 1. The maximum Gasteiger partial charge on any atom is 0.407 e. The van der Waals surface area contributed by atoms with E-state index >= 15 is 0 Å². The molecule has 2 aromatic rings. The fraction of sp³-hybridized carbons (Fsp3) is 0.567. The molecule has 1 fully saturated rings. The van der Waals surface area contributed by atoms with Crippen molar-refractivity contribution in [3.05, 3.63) is 49.3 Å². The molecule has 2 heterocycles. The number of benzene rings is 1. The van der Waals surface area contributed by atoms with Crippen LogP contribution in [0.1, 0.15) is 87.0 Å². The molecule has 2 N–H and O–H groups in total. The second kappa shape index (κ2) is 11.1. The Hall–Kier alpha value is -3.01. The lowest BCUT2D eigenvalue weighted by atomic mass is 9.82. The molecule has 1 saturated carbocycles. The molecule has 9 nitrogen and oxygen atoms in total. The standard InChI is InChI=1S/C30H40BrN3O6/c1-16-13-17(2)32-26(35)23(16)34(8)27(36)21-14-22(31)25-24(18(21)3)38-30(7,39-25)15-19-9-11-20(12-10-19)33-28(37)40-29(4,5)6/h13-14,19-20H,9-12,15H2,1-8H3,(H,32,35)(H,33,37)/t19-,20-,30?. The Labute approximate surface area is 244 Å². The van der Waals surface area contributed by atoms with Crippen molar-refractivity contribution in [3.8, 4) is 11.5 Å². The van der Waals surface area contributed by atoms with E-state index in [-0.39, 0.29) is 23.6 Å². The van der Waals surface area contributed by atoms with Gasteiger partial charge < -0.3 is 29.4 Å². The third kappa shape index (κ3) is 6.48. The van der Waals surface area contributed by atoms with Crippen molar-refractivity contribution in [3.63, 3.8) is 0 Å². The normalized spacial score (nSPS) is 22.1. The minimum absolute atomic E-state index is 0.0906. The summed E-state index contributed by atoms with van der Waals surface area (Å²) in [6.45, 7) is 12.9. The summed E-state index contributed by atoms with van der Waals surface area (Å²) >= 11 is 3.58. The molecule has 0 spiro atoms. The second-order valence-corrected chi connectivity index (χ2v) is 13.1. The lowest BCUT2D eigenvalue weighted by Crippen LogP contribution is -2.42. The van der Waals surface area contributed by atoms with E-state index in [1.807, 2.05) is 54.5 Å². The van der Waals surface area contributed by atoms with Crippen LogP contribution in [0.3, 0.4) is 0 Å². The van der Waals surface area contributed by atoms with E-state index in [0.29, 0.717) is 45.1 Å². The summed E-state index contributed by atoms with van der Waals surface area (Å²) in [5.74, 6) is 0.265. The van der Waals surface area contributed by atoms with E-state index in [9.17, 15) is 14.4 Å². The van der Waals surface area contributed by atoms with Gasteiger partial charge in [0, 0.05) is 43.3 Å². The molecule has 2 amide bonds. The number of aromatic amines is 1. The molecular weight excluding hydrogens is 578 g/mol. The average Bonchev–Trinajstić information content (AvgIpc) is 3.18. The summed E-state index contributed by atoms with van der Waals surface area (Å²) in [6, 6.07) is 3.66. The Balaban J connectivity index is 1.44. The van der Waals surface area contributed by atoms with Gasteiger partial charge in [0.25, 0.3) is 11.5 Å². The predicted octanol–water partition coefficient (Wildman–Crippen LogP) is 6.30. The first-order valence-corrected chi connectivity index (χ1v) is 14.6. The highest BCUT2D eigenvalue weighted by Crippen LogP contribution is 2.50. The number of pyridine rings is 1. The minimum Gasteiger partial charge on any atom is -0.448 e. The van der Waals surface area contributed by atoms with E-state index < -0.39 is 11.4 Å². The summed E-state index contributed by atoms with van der Waals surface area (Å²) in [6.07, 6.45) is 3.88. The SMILES string of the molecule is Cc1cc(C)c(N(C)C(=O)c2cc(Br)c3c(c2C)OC(C)(C[C@H]2CC[C@H](NC(=O)OC(C)(C)C)CC2)O3)c(=O)[nH]1. The largest absolute Gasteiger partial charge is 0.448 e. The number of hydrogen-bond acceptors (Lipinski definition) is 6. The van der Waals surface area contributed by atoms with Crippen molar-refractivity contribution >= 4 is 33.6 Å². The summed E-state index contributed by atoms with van der Waals surface area (Å²) in [4.78, 5) is 42.5. The van der Waals surface area contributed by atoms with Crippen LogP contribution in [0, 0.1) is 26.7 Å². The molecule has 10 heteroatoms. The molecule has 1 unspecified atom stereocenters. The lowest BCUT2D eigenvalue weighted by molar-refractivity contribution is -0.0835. The van der Waals surface area contributed by atoms with Gasteiger partial charge in [0.15, 0.2) is 11.5 Å². The number of rotatable bonds is 5. The molecule has 1 aromatic carbocycles. The molecular formula is C30H40BrN3O6. The van der Waals surface area contributed by atoms with Gasteiger partial charge in [-0.3, -0.25) is 9.59 Å². The maximum atomic E-state index is 13.6. The quantitative estimate of drug-likeness (QED) is 0.407. The van der Waals surface area contributed by atoms with E-state index in [2.05, 4.69) is 26.2 Å². The third-order valence-corrected chi connectivity index (χ3v) is 8.09.